The van der Waals surface area contributed by atoms with Gasteiger partial charge in [-0.2, -0.15) is 0 Å². The standard InChI is InChI=1S/C18H20BrF2N5O5S/c19-10-2-4-11(5-3-10)31-15-13(20)8-12(9-14(15)21)32(29,30)18(24,16(27)26-28)6-1-7-25-17(22)23/h2-5,8-9,28H,1,6-7,24H2,(H,26,27)(H4,22,23,25)/t18-/m0/s1. The molecule has 0 spiro atoms. The predicted octanol–water partition coefficient (Wildman–Crippen LogP) is 1.51. The van der Waals surface area contributed by atoms with Crippen LogP contribution in [-0.2, 0) is 14.6 Å². The summed E-state index contributed by atoms with van der Waals surface area (Å²) < 4.78 is 61.1. The Labute approximate surface area is 190 Å². The number of halogens is 3. The molecule has 1 atom stereocenters. The summed E-state index contributed by atoms with van der Waals surface area (Å²) in [6, 6.07) is 6.94. The number of nitrogens with zero attached hydrogens (tertiary/aromatic N) is 1. The van der Waals surface area contributed by atoms with Gasteiger partial charge < -0.3 is 21.9 Å². The largest absolute Gasteiger partial charge is 0.451 e. The number of hydrogen-bond donors (Lipinski definition) is 5. The van der Waals surface area contributed by atoms with Crippen LogP contribution in [0.3, 0.4) is 0 Å². The van der Waals surface area contributed by atoms with E-state index >= 15 is 0 Å². The molecule has 2 aromatic rings. The maximum absolute atomic E-state index is 14.6. The van der Waals surface area contributed by atoms with Gasteiger partial charge in [-0.25, -0.2) is 22.7 Å². The highest BCUT2D eigenvalue weighted by molar-refractivity contribution is 9.10. The number of amides is 1. The summed E-state index contributed by atoms with van der Waals surface area (Å²) in [6.07, 6.45) is -0.671. The number of hydroxylamine groups is 1. The van der Waals surface area contributed by atoms with Crippen molar-refractivity contribution >= 4 is 37.6 Å². The second-order valence-corrected chi connectivity index (χ2v) is 9.64. The molecular weight excluding hydrogens is 516 g/mol. The smallest absolute Gasteiger partial charge is 0.279 e. The molecule has 0 aromatic heterocycles. The lowest BCUT2D eigenvalue weighted by molar-refractivity contribution is -0.132. The number of rotatable bonds is 9. The van der Waals surface area contributed by atoms with Crippen LogP contribution in [0, 0.1) is 11.6 Å². The first-order valence-corrected chi connectivity index (χ1v) is 11.2. The highest BCUT2D eigenvalue weighted by Crippen LogP contribution is 2.34. The molecule has 1 amide bonds. The molecule has 0 unspecified atom stereocenters. The van der Waals surface area contributed by atoms with Gasteiger partial charge in [-0.15, -0.1) is 0 Å². The molecule has 8 N–H and O–H groups in total. The number of guanidine groups is 1. The third kappa shape index (κ3) is 5.51. The van der Waals surface area contributed by atoms with E-state index in [9.17, 15) is 22.0 Å². The molecule has 32 heavy (non-hydrogen) atoms. The molecule has 174 valence electrons. The summed E-state index contributed by atoms with van der Waals surface area (Å²) in [6.45, 7) is -0.0851. The molecule has 0 aliphatic carbocycles. The summed E-state index contributed by atoms with van der Waals surface area (Å²) in [7, 11) is -4.90. The summed E-state index contributed by atoms with van der Waals surface area (Å²) in [5, 5.41) is 8.98. The molecule has 0 saturated heterocycles. The number of sulfone groups is 1. The average Bonchev–Trinajstić information content (AvgIpc) is 2.73. The van der Waals surface area contributed by atoms with Gasteiger partial charge in [0.25, 0.3) is 5.91 Å². The van der Waals surface area contributed by atoms with E-state index in [4.69, 9.17) is 27.1 Å². The van der Waals surface area contributed by atoms with E-state index in [-0.39, 0.29) is 24.7 Å². The zero-order valence-corrected chi connectivity index (χ0v) is 18.8. The zero-order valence-electron chi connectivity index (χ0n) is 16.4. The Morgan fingerprint density at radius 3 is 2.25 bits per heavy atom. The minimum absolute atomic E-state index is 0.0851. The minimum atomic E-state index is -4.90. The number of carbonyl (C=O) groups is 1. The fourth-order valence-corrected chi connectivity index (χ4v) is 4.54. The van der Waals surface area contributed by atoms with Gasteiger partial charge in [-0.05, 0) is 49.2 Å². The van der Waals surface area contributed by atoms with Crippen LogP contribution >= 0.6 is 15.9 Å². The monoisotopic (exact) mass is 535 g/mol. The fraction of sp³-hybridized carbons (Fsp3) is 0.222. The summed E-state index contributed by atoms with van der Waals surface area (Å²) in [4.78, 5) is 12.1. The maximum atomic E-state index is 14.6. The number of nitrogens with one attached hydrogen (secondary N) is 1. The molecule has 0 saturated carbocycles. The Hall–Kier alpha value is -2.81. The predicted molar refractivity (Wildman–Crippen MR) is 115 cm³/mol. The van der Waals surface area contributed by atoms with Gasteiger partial charge in [-0.3, -0.25) is 15.0 Å². The number of nitrogens with two attached hydrogens (primary N) is 3. The SMILES string of the molecule is NC(N)=NCCC[C@@](N)(C(=O)NO)S(=O)(=O)c1cc(F)c(Oc2ccc(Br)cc2)c(F)c1. The van der Waals surface area contributed by atoms with Crippen LogP contribution < -0.4 is 27.4 Å². The molecule has 0 fully saturated rings. The third-order valence-electron chi connectivity index (χ3n) is 4.28. The van der Waals surface area contributed by atoms with Crippen molar-refractivity contribution in [1.82, 2.24) is 5.48 Å². The number of hydrogen-bond acceptors (Lipinski definition) is 7. The first kappa shape index (κ1) is 25.5. The molecule has 0 aliphatic heterocycles. The van der Waals surface area contributed by atoms with Crippen molar-refractivity contribution < 1.29 is 31.9 Å². The second-order valence-electron chi connectivity index (χ2n) is 6.52. The van der Waals surface area contributed by atoms with Gasteiger partial charge >= 0.3 is 0 Å². The molecule has 0 aliphatic rings. The lowest BCUT2D eigenvalue weighted by Gasteiger charge is -2.27. The highest BCUT2D eigenvalue weighted by Gasteiger charge is 2.48. The van der Waals surface area contributed by atoms with E-state index in [0.717, 1.165) is 5.48 Å². The van der Waals surface area contributed by atoms with Crippen LogP contribution in [0.25, 0.3) is 0 Å². The van der Waals surface area contributed by atoms with Gasteiger partial charge in [0, 0.05) is 11.0 Å². The quantitative estimate of drug-likeness (QED) is 0.105. The number of ether oxygens (including phenoxy) is 1. The average molecular weight is 536 g/mol. The van der Waals surface area contributed by atoms with Crippen molar-refractivity contribution in [2.24, 2.45) is 22.2 Å². The Kier molecular flexibility index (Phi) is 8.12. The number of benzene rings is 2. The topological polar surface area (TPSA) is 183 Å². The molecule has 2 aromatic carbocycles. The van der Waals surface area contributed by atoms with Gasteiger partial charge in [0.15, 0.2) is 23.3 Å². The van der Waals surface area contributed by atoms with Crippen molar-refractivity contribution in [1.29, 1.82) is 0 Å². The molecule has 14 heteroatoms. The normalized spacial score (nSPS) is 13.2. The minimum Gasteiger partial charge on any atom is -0.451 e. The number of aliphatic imine (C=N–C) groups is 1. The van der Waals surface area contributed by atoms with Gasteiger partial charge in [0.05, 0.1) is 4.90 Å². The van der Waals surface area contributed by atoms with Crippen molar-refractivity contribution in [2.45, 2.75) is 22.6 Å². The van der Waals surface area contributed by atoms with Crippen LogP contribution in [0.15, 0.2) is 50.8 Å². The maximum Gasteiger partial charge on any atom is 0.279 e. The van der Waals surface area contributed by atoms with Crippen molar-refractivity contribution in [3.63, 3.8) is 0 Å². The van der Waals surface area contributed by atoms with Crippen molar-refractivity contribution in [3.8, 4) is 11.5 Å². The van der Waals surface area contributed by atoms with E-state index in [2.05, 4.69) is 20.9 Å². The fourth-order valence-electron chi connectivity index (χ4n) is 2.63. The highest BCUT2D eigenvalue weighted by atomic mass is 79.9. The van der Waals surface area contributed by atoms with Gasteiger partial charge in [0.2, 0.25) is 14.7 Å². The first-order valence-electron chi connectivity index (χ1n) is 8.88. The van der Waals surface area contributed by atoms with Crippen LogP contribution in [0.1, 0.15) is 12.8 Å². The van der Waals surface area contributed by atoms with E-state index in [0.29, 0.717) is 16.6 Å². The van der Waals surface area contributed by atoms with Crippen LogP contribution in [0.5, 0.6) is 11.5 Å². The Balaban J connectivity index is 2.42. The molecule has 0 bridgehead atoms. The summed E-state index contributed by atoms with van der Waals surface area (Å²) in [5.74, 6) is -5.23. The third-order valence-corrected chi connectivity index (χ3v) is 7.02. The Morgan fingerprint density at radius 1 is 1.19 bits per heavy atom. The van der Waals surface area contributed by atoms with Crippen LogP contribution in [0.2, 0.25) is 0 Å². The molecular formula is C18H20BrF2N5O5S. The number of carbonyl (C=O) groups excluding carboxylic acids is 1. The van der Waals surface area contributed by atoms with Crippen LogP contribution in [-0.4, -0.2) is 36.9 Å². The van der Waals surface area contributed by atoms with E-state index in [1.807, 2.05) is 0 Å². The summed E-state index contributed by atoms with van der Waals surface area (Å²) in [5.41, 5.74) is 17.3. The lowest BCUT2D eigenvalue weighted by Crippen LogP contribution is -2.58. The van der Waals surface area contributed by atoms with E-state index in [1.165, 1.54) is 12.1 Å². The Morgan fingerprint density at radius 2 is 1.75 bits per heavy atom. The zero-order chi connectivity index (χ0) is 24.1. The van der Waals surface area contributed by atoms with Gasteiger partial charge in [0.1, 0.15) is 5.75 Å². The molecule has 0 heterocycles. The van der Waals surface area contributed by atoms with Crippen molar-refractivity contribution in [2.75, 3.05) is 6.54 Å². The summed E-state index contributed by atoms with van der Waals surface area (Å²) >= 11 is 3.20. The Bertz CT molecular complexity index is 1100. The molecule has 0 radical (unpaired) electrons. The van der Waals surface area contributed by atoms with E-state index < -0.39 is 49.3 Å². The second kappa shape index (κ2) is 10.2. The van der Waals surface area contributed by atoms with Crippen LogP contribution in [0.4, 0.5) is 8.78 Å². The van der Waals surface area contributed by atoms with Crippen molar-refractivity contribution in [3.05, 3.63) is 52.5 Å². The lowest BCUT2D eigenvalue weighted by atomic mass is 10.1. The van der Waals surface area contributed by atoms with E-state index in [1.54, 1.807) is 12.1 Å². The molecule has 10 nitrogen and oxygen atoms in total. The van der Waals surface area contributed by atoms with Gasteiger partial charge in [-0.1, -0.05) is 15.9 Å². The first-order chi connectivity index (χ1) is 14.9. The molecule has 2 rings (SSSR count).